The number of fused-ring (bicyclic) bond motifs is 1. The highest BCUT2D eigenvalue weighted by atomic mass is 32.2. The third-order valence-electron chi connectivity index (χ3n) is 5.30. The van der Waals surface area contributed by atoms with Gasteiger partial charge < -0.3 is 9.88 Å². The van der Waals surface area contributed by atoms with E-state index in [2.05, 4.69) is 19.6 Å². The van der Waals surface area contributed by atoms with E-state index >= 15 is 0 Å². The van der Waals surface area contributed by atoms with Crippen LogP contribution in [0.2, 0.25) is 0 Å². The Morgan fingerprint density at radius 2 is 1.86 bits per heavy atom. The zero-order chi connectivity index (χ0) is 20.6. The summed E-state index contributed by atoms with van der Waals surface area (Å²) in [7, 11) is -1.59. The number of H-pyrrole nitrogens is 1. The lowest BCUT2D eigenvalue weighted by Crippen LogP contribution is -2.43. The van der Waals surface area contributed by atoms with Gasteiger partial charge in [-0.15, -0.1) is 0 Å². The third-order valence-corrected chi connectivity index (χ3v) is 6.84. The molecule has 1 saturated heterocycles. The first-order chi connectivity index (χ1) is 13.8. The second-order valence-corrected chi connectivity index (χ2v) is 9.08. The number of hydrogen-bond donors (Lipinski definition) is 2. The van der Waals surface area contributed by atoms with Gasteiger partial charge in [0.2, 0.25) is 10.0 Å². The molecule has 0 bridgehead atoms. The van der Waals surface area contributed by atoms with Crippen LogP contribution < -0.4 is 4.72 Å². The lowest BCUT2D eigenvalue weighted by atomic mass is 10.0. The molecule has 3 heterocycles. The van der Waals surface area contributed by atoms with Crippen LogP contribution in [0.1, 0.15) is 25.0 Å². The molecule has 29 heavy (non-hydrogen) atoms. The fourth-order valence-electron chi connectivity index (χ4n) is 3.64. The first-order valence-corrected chi connectivity index (χ1v) is 10.9. The van der Waals surface area contributed by atoms with Crippen LogP contribution in [0, 0.1) is 0 Å². The molecule has 0 unspecified atom stereocenters. The molecule has 9 heteroatoms. The Labute approximate surface area is 168 Å². The number of nitrogens with zero attached hydrogens (tertiary/aromatic N) is 2. The SMILES string of the molecule is CN1CCC(NS(=O)(=O)c2ccc(-c3ccnc4[nH]c(C(F)F)cc34)cc2)CC1. The summed E-state index contributed by atoms with van der Waals surface area (Å²) in [5.74, 6) is 0. The average Bonchev–Trinajstić information content (AvgIpc) is 3.14. The fourth-order valence-corrected chi connectivity index (χ4v) is 4.95. The van der Waals surface area contributed by atoms with Crippen LogP contribution in [-0.2, 0) is 10.0 Å². The van der Waals surface area contributed by atoms with Gasteiger partial charge in [-0.1, -0.05) is 12.1 Å². The number of piperidine rings is 1. The van der Waals surface area contributed by atoms with Crippen LogP contribution in [-0.4, -0.2) is 49.5 Å². The number of nitrogens with one attached hydrogen (secondary N) is 2. The summed E-state index contributed by atoms with van der Waals surface area (Å²) in [5, 5.41) is 0.572. The van der Waals surface area contributed by atoms with E-state index < -0.39 is 16.4 Å². The van der Waals surface area contributed by atoms with E-state index in [9.17, 15) is 17.2 Å². The number of pyridine rings is 1. The number of alkyl halides is 2. The molecule has 1 aliphatic rings. The first kappa shape index (κ1) is 19.9. The zero-order valence-corrected chi connectivity index (χ0v) is 16.7. The number of sulfonamides is 1. The Hall–Kier alpha value is -2.36. The molecule has 3 aromatic rings. The van der Waals surface area contributed by atoms with Crippen molar-refractivity contribution in [3.8, 4) is 11.1 Å². The van der Waals surface area contributed by atoms with Gasteiger partial charge in [0.25, 0.3) is 6.43 Å². The van der Waals surface area contributed by atoms with Gasteiger partial charge >= 0.3 is 0 Å². The Morgan fingerprint density at radius 3 is 2.52 bits per heavy atom. The zero-order valence-electron chi connectivity index (χ0n) is 15.9. The standard InChI is InChI=1S/C20H22F2N4O2S/c1-26-10-7-14(8-11-26)25-29(27,28)15-4-2-13(3-5-15)16-6-9-23-20-17(16)12-18(24-20)19(21)22/h2-6,9,12,14,19,25H,7-8,10-11H2,1H3,(H,23,24). The number of likely N-dealkylation sites (tertiary alicyclic amines) is 1. The molecule has 1 aromatic carbocycles. The van der Waals surface area contributed by atoms with Crippen molar-refractivity contribution in [3.63, 3.8) is 0 Å². The predicted molar refractivity (Wildman–Crippen MR) is 107 cm³/mol. The molecule has 1 fully saturated rings. The van der Waals surface area contributed by atoms with Crippen molar-refractivity contribution in [2.75, 3.05) is 20.1 Å². The van der Waals surface area contributed by atoms with Crippen LogP contribution in [0.15, 0.2) is 47.5 Å². The minimum atomic E-state index is -3.61. The minimum absolute atomic E-state index is 0.0664. The minimum Gasteiger partial charge on any atom is -0.338 e. The molecule has 2 aromatic heterocycles. The molecule has 0 atom stereocenters. The van der Waals surface area contributed by atoms with Crippen molar-refractivity contribution in [3.05, 3.63) is 48.3 Å². The molecule has 2 N–H and O–H groups in total. The molecule has 6 nitrogen and oxygen atoms in total. The van der Waals surface area contributed by atoms with E-state index in [-0.39, 0.29) is 16.6 Å². The van der Waals surface area contributed by atoms with Crippen LogP contribution in [0.25, 0.3) is 22.2 Å². The Balaban J connectivity index is 1.59. The van der Waals surface area contributed by atoms with Crippen LogP contribution in [0.4, 0.5) is 8.78 Å². The molecule has 0 saturated carbocycles. The summed E-state index contributed by atoms with van der Waals surface area (Å²) in [5.41, 5.74) is 1.63. The highest BCUT2D eigenvalue weighted by Gasteiger charge is 2.23. The fraction of sp³-hybridized carbons (Fsp3) is 0.350. The quantitative estimate of drug-likeness (QED) is 0.662. The van der Waals surface area contributed by atoms with Crippen molar-refractivity contribution < 1.29 is 17.2 Å². The van der Waals surface area contributed by atoms with Crippen molar-refractivity contribution >= 4 is 21.1 Å². The number of rotatable bonds is 5. The molecule has 0 spiro atoms. The van der Waals surface area contributed by atoms with Gasteiger partial charge in [0.1, 0.15) is 5.65 Å². The van der Waals surface area contributed by atoms with E-state index in [0.29, 0.717) is 16.6 Å². The number of aromatic amines is 1. The molecule has 1 aliphatic heterocycles. The van der Waals surface area contributed by atoms with Crippen molar-refractivity contribution in [2.24, 2.45) is 0 Å². The maximum Gasteiger partial charge on any atom is 0.278 e. The van der Waals surface area contributed by atoms with Gasteiger partial charge in [-0.2, -0.15) is 0 Å². The van der Waals surface area contributed by atoms with Gasteiger partial charge in [-0.25, -0.2) is 26.9 Å². The summed E-state index contributed by atoms with van der Waals surface area (Å²) >= 11 is 0. The highest BCUT2D eigenvalue weighted by molar-refractivity contribution is 7.89. The van der Waals surface area contributed by atoms with E-state index in [1.807, 2.05) is 7.05 Å². The number of halogens is 2. The van der Waals surface area contributed by atoms with Gasteiger partial charge in [0.15, 0.2) is 0 Å². The van der Waals surface area contributed by atoms with Gasteiger partial charge in [-0.05, 0) is 68.4 Å². The molecule has 4 rings (SSSR count). The second kappa shape index (κ2) is 7.81. The third kappa shape index (κ3) is 4.17. The van der Waals surface area contributed by atoms with E-state index in [4.69, 9.17) is 0 Å². The van der Waals surface area contributed by atoms with E-state index in [1.54, 1.807) is 30.3 Å². The maximum atomic E-state index is 13.0. The molecule has 154 valence electrons. The highest BCUT2D eigenvalue weighted by Crippen LogP contribution is 2.31. The van der Waals surface area contributed by atoms with Gasteiger partial charge in [-0.3, -0.25) is 0 Å². The molecule has 0 amide bonds. The van der Waals surface area contributed by atoms with Crippen molar-refractivity contribution in [1.29, 1.82) is 0 Å². The largest absolute Gasteiger partial charge is 0.338 e. The van der Waals surface area contributed by atoms with E-state index in [0.717, 1.165) is 31.5 Å². The normalized spacial score (nSPS) is 16.7. The summed E-state index contributed by atoms with van der Waals surface area (Å²) in [4.78, 5) is 9.08. The van der Waals surface area contributed by atoms with Crippen LogP contribution >= 0.6 is 0 Å². The summed E-state index contributed by atoms with van der Waals surface area (Å²) in [6, 6.07) is 9.50. The molecule has 0 radical (unpaired) electrons. The van der Waals surface area contributed by atoms with Crippen molar-refractivity contribution in [2.45, 2.75) is 30.2 Å². The topological polar surface area (TPSA) is 78.1 Å². The Kier molecular flexibility index (Phi) is 5.37. The summed E-state index contributed by atoms with van der Waals surface area (Å²) in [6.45, 7) is 1.73. The number of benzene rings is 1. The summed E-state index contributed by atoms with van der Waals surface area (Å²) < 4.78 is 54.2. The van der Waals surface area contributed by atoms with Crippen molar-refractivity contribution in [1.82, 2.24) is 19.6 Å². The van der Waals surface area contributed by atoms with Crippen LogP contribution in [0.3, 0.4) is 0 Å². The van der Waals surface area contributed by atoms with Crippen LogP contribution in [0.5, 0.6) is 0 Å². The Bertz CT molecular complexity index is 1110. The van der Waals surface area contributed by atoms with Gasteiger partial charge in [0.05, 0.1) is 10.6 Å². The monoisotopic (exact) mass is 420 g/mol. The molecular weight excluding hydrogens is 398 g/mol. The number of aromatic nitrogens is 2. The Morgan fingerprint density at radius 1 is 1.17 bits per heavy atom. The molecule has 0 aliphatic carbocycles. The predicted octanol–water partition coefficient (Wildman–Crippen LogP) is 3.54. The number of hydrogen-bond acceptors (Lipinski definition) is 4. The maximum absolute atomic E-state index is 13.0. The smallest absolute Gasteiger partial charge is 0.278 e. The lowest BCUT2D eigenvalue weighted by molar-refractivity contribution is 0.147. The molecular formula is C20H22F2N4O2S. The first-order valence-electron chi connectivity index (χ1n) is 9.40. The summed E-state index contributed by atoms with van der Waals surface area (Å²) in [6.07, 6.45) is 0.483. The van der Waals surface area contributed by atoms with E-state index in [1.165, 1.54) is 12.3 Å². The second-order valence-electron chi connectivity index (χ2n) is 7.37. The van der Waals surface area contributed by atoms with Gasteiger partial charge in [0, 0.05) is 17.6 Å². The average molecular weight is 420 g/mol. The lowest BCUT2D eigenvalue weighted by Gasteiger charge is -2.29.